The molecule has 0 unspecified atom stereocenters. The molecule has 0 saturated carbocycles. The van der Waals surface area contributed by atoms with Crippen molar-refractivity contribution in [2.45, 2.75) is 59.9 Å². The number of nitrogens with zero attached hydrogens (tertiary/aromatic N) is 2. The minimum Gasteiger partial charge on any atom is -0.331 e. The van der Waals surface area contributed by atoms with E-state index in [0.29, 0.717) is 24.3 Å². The third-order valence-corrected chi connectivity index (χ3v) is 7.88. The fraction of sp³-hybridized carbons (Fsp3) is 0.682. The number of thiophene rings is 1. The average molecular weight is 418 g/mol. The number of hydrogen-bond donors (Lipinski definition) is 2. The molecule has 1 saturated heterocycles. The fourth-order valence-electron chi connectivity index (χ4n) is 4.76. The molecule has 4 rings (SSSR count). The molecule has 3 heterocycles. The maximum Gasteiger partial charge on any atom is 0.260 e. The summed E-state index contributed by atoms with van der Waals surface area (Å²) in [5.41, 5.74) is 1.56. The van der Waals surface area contributed by atoms with Gasteiger partial charge in [-0.2, -0.15) is 0 Å². The van der Waals surface area contributed by atoms with Crippen molar-refractivity contribution >= 4 is 27.5 Å². The first-order valence-electron chi connectivity index (χ1n) is 10.9. The first kappa shape index (κ1) is 20.5. The van der Waals surface area contributed by atoms with Crippen LogP contribution < -0.4 is 10.5 Å². The van der Waals surface area contributed by atoms with Crippen LogP contribution in [0.2, 0.25) is 0 Å². The fourth-order valence-corrected chi connectivity index (χ4v) is 6.08. The molecule has 158 valence electrons. The van der Waals surface area contributed by atoms with Crippen molar-refractivity contribution in [3.05, 3.63) is 26.6 Å². The van der Waals surface area contributed by atoms with Gasteiger partial charge in [0.25, 0.3) is 5.56 Å². The maximum atomic E-state index is 12.9. The van der Waals surface area contributed by atoms with Crippen LogP contribution in [0.4, 0.5) is 0 Å². The smallest absolute Gasteiger partial charge is 0.260 e. The van der Waals surface area contributed by atoms with Crippen LogP contribution in [-0.4, -0.2) is 47.0 Å². The molecule has 2 aromatic rings. The van der Waals surface area contributed by atoms with Gasteiger partial charge in [-0.05, 0) is 36.2 Å². The number of carbonyl (C=O) groups excluding carboxylic acids is 1. The third kappa shape index (κ3) is 4.12. The van der Waals surface area contributed by atoms with Crippen LogP contribution in [-0.2, 0) is 24.2 Å². The molecule has 2 aliphatic rings. The number of hydrogen-bond acceptors (Lipinski definition) is 4. The van der Waals surface area contributed by atoms with Gasteiger partial charge in [0.15, 0.2) is 5.82 Å². The summed E-state index contributed by atoms with van der Waals surface area (Å²) in [6.45, 7) is 13.0. The highest BCUT2D eigenvalue weighted by molar-refractivity contribution is 7.18. The second-order valence-electron chi connectivity index (χ2n) is 9.66. The van der Waals surface area contributed by atoms with Gasteiger partial charge in [-0.25, -0.2) is 4.98 Å². The maximum absolute atomic E-state index is 12.9. The number of piperazine rings is 1. The van der Waals surface area contributed by atoms with Crippen molar-refractivity contribution in [2.24, 2.45) is 11.3 Å². The van der Waals surface area contributed by atoms with Crippen LogP contribution in [0, 0.1) is 11.3 Å². The molecule has 0 bridgehead atoms. The van der Waals surface area contributed by atoms with E-state index in [1.807, 2.05) is 11.8 Å². The Morgan fingerprint density at radius 3 is 2.69 bits per heavy atom. The molecule has 1 aliphatic carbocycles. The first-order valence-corrected chi connectivity index (χ1v) is 11.7. The average Bonchev–Trinajstić information content (AvgIpc) is 3.05. The zero-order chi connectivity index (χ0) is 20.8. The van der Waals surface area contributed by atoms with E-state index in [0.717, 1.165) is 61.5 Å². The van der Waals surface area contributed by atoms with Crippen LogP contribution >= 0.6 is 11.3 Å². The highest BCUT2D eigenvalue weighted by Crippen LogP contribution is 2.41. The molecule has 1 atom stereocenters. The van der Waals surface area contributed by atoms with Gasteiger partial charge in [-0.3, -0.25) is 9.59 Å². The molecule has 1 amide bonds. The van der Waals surface area contributed by atoms with Gasteiger partial charge in [0.05, 0.1) is 31.6 Å². The SMILES string of the molecule is CCC(=O)N1CC[NH+](Cc2nc3sc4c(c3c(=O)[nH]2)CC[C@@H](C(C)(C)C)C4)CC1. The number of aromatic nitrogens is 2. The van der Waals surface area contributed by atoms with Crippen LogP contribution in [0.1, 0.15) is 56.8 Å². The Hall–Kier alpha value is -1.73. The molecule has 2 N–H and O–H groups in total. The number of aryl methyl sites for hydroxylation is 1. The van der Waals surface area contributed by atoms with Crippen molar-refractivity contribution in [1.29, 1.82) is 0 Å². The summed E-state index contributed by atoms with van der Waals surface area (Å²) in [6, 6.07) is 0. The number of rotatable bonds is 3. The molecule has 6 nitrogen and oxygen atoms in total. The molecule has 29 heavy (non-hydrogen) atoms. The lowest BCUT2D eigenvalue weighted by Gasteiger charge is -2.33. The summed E-state index contributed by atoms with van der Waals surface area (Å²) in [6.07, 6.45) is 3.77. The third-order valence-electron chi connectivity index (χ3n) is 6.74. The highest BCUT2D eigenvalue weighted by Gasteiger charge is 2.32. The van der Waals surface area contributed by atoms with Gasteiger partial charge < -0.3 is 14.8 Å². The molecular weight excluding hydrogens is 384 g/mol. The number of nitrogens with one attached hydrogen (secondary N) is 2. The van der Waals surface area contributed by atoms with Gasteiger partial charge in [0.2, 0.25) is 5.91 Å². The minimum absolute atomic E-state index is 0.0240. The molecule has 7 heteroatoms. The molecule has 2 aromatic heterocycles. The number of amides is 1. The zero-order valence-electron chi connectivity index (χ0n) is 18.1. The molecule has 0 aromatic carbocycles. The summed E-state index contributed by atoms with van der Waals surface area (Å²) in [5, 5.41) is 0.828. The Morgan fingerprint density at radius 2 is 2.03 bits per heavy atom. The summed E-state index contributed by atoms with van der Waals surface area (Å²) in [4.78, 5) is 38.2. The zero-order valence-corrected chi connectivity index (χ0v) is 18.9. The lowest BCUT2D eigenvalue weighted by Crippen LogP contribution is -3.13. The van der Waals surface area contributed by atoms with Crippen molar-refractivity contribution in [3.8, 4) is 0 Å². The second-order valence-corrected chi connectivity index (χ2v) is 10.7. The van der Waals surface area contributed by atoms with Crippen LogP contribution in [0.3, 0.4) is 0 Å². The molecule has 0 radical (unpaired) electrons. The predicted molar refractivity (Wildman–Crippen MR) is 116 cm³/mol. The molecular formula is C22H33N4O2S+. The van der Waals surface area contributed by atoms with E-state index in [2.05, 4.69) is 25.8 Å². The Balaban J connectivity index is 1.52. The second kappa shape index (κ2) is 7.84. The molecule has 1 aliphatic heterocycles. The topological polar surface area (TPSA) is 70.5 Å². The summed E-state index contributed by atoms with van der Waals surface area (Å²) in [7, 11) is 0. The van der Waals surface area contributed by atoms with E-state index in [1.54, 1.807) is 11.3 Å². The molecule has 0 spiro atoms. The largest absolute Gasteiger partial charge is 0.331 e. The summed E-state index contributed by atoms with van der Waals surface area (Å²) in [5.74, 6) is 1.67. The van der Waals surface area contributed by atoms with Crippen LogP contribution in [0.25, 0.3) is 10.2 Å². The Morgan fingerprint density at radius 1 is 1.31 bits per heavy atom. The van der Waals surface area contributed by atoms with Gasteiger partial charge in [0, 0.05) is 11.3 Å². The number of carbonyl (C=O) groups is 1. The Labute approximate surface area is 176 Å². The van der Waals surface area contributed by atoms with Crippen LogP contribution in [0.15, 0.2) is 4.79 Å². The number of H-pyrrole nitrogens is 1. The van der Waals surface area contributed by atoms with E-state index < -0.39 is 0 Å². The lowest BCUT2D eigenvalue weighted by atomic mass is 9.72. The Kier molecular flexibility index (Phi) is 5.55. The van der Waals surface area contributed by atoms with Crippen molar-refractivity contribution in [3.63, 3.8) is 0 Å². The standard InChI is InChI=1S/C22H32N4O2S/c1-5-18(27)26-10-8-25(9-11-26)13-17-23-20(28)19-15-7-6-14(22(2,3)4)12-16(15)29-21(19)24-17/h14H,5-13H2,1-4H3,(H,23,24,28)/p+1/t14-/m1/s1. The van der Waals surface area contributed by atoms with Crippen molar-refractivity contribution < 1.29 is 9.69 Å². The Bertz CT molecular complexity index is 964. The normalized spacial score (nSPS) is 20.8. The van der Waals surface area contributed by atoms with Crippen molar-refractivity contribution in [2.75, 3.05) is 26.2 Å². The summed E-state index contributed by atoms with van der Waals surface area (Å²) >= 11 is 1.72. The monoisotopic (exact) mass is 417 g/mol. The number of aromatic amines is 1. The lowest BCUT2D eigenvalue weighted by molar-refractivity contribution is -0.918. The summed E-state index contributed by atoms with van der Waals surface area (Å²) < 4.78 is 0. The number of fused-ring (bicyclic) bond motifs is 3. The minimum atomic E-state index is 0.0240. The van der Waals surface area contributed by atoms with E-state index in [1.165, 1.54) is 15.3 Å². The van der Waals surface area contributed by atoms with E-state index in [-0.39, 0.29) is 11.5 Å². The van der Waals surface area contributed by atoms with Gasteiger partial charge in [0.1, 0.15) is 11.4 Å². The van der Waals surface area contributed by atoms with Gasteiger partial charge in [-0.15, -0.1) is 11.3 Å². The van der Waals surface area contributed by atoms with E-state index >= 15 is 0 Å². The first-order chi connectivity index (χ1) is 13.8. The van der Waals surface area contributed by atoms with Crippen molar-refractivity contribution in [1.82, 2.24) is 14.9 Å². The van der Waals surface area contributed by atoms with E-state index in [4.69, 9.17) is 4.98 Å². The molecule has 1 fully saturated rings. The predicted octanol–water partition coefficient (Wildman–Crippen LogP) is 1.77. The quantitative estimate of drug-likeness (QED) is 0.800. The highest BCUT2D eigenvalue weighted by atomic mass is 32.1. The van der Waals surface area contributed by atoms with Gasteiger partial charge >= 0.3 is 0 Å². The van der Waals surface area contributed by atoms with Gasteiger partial charge in [-0.1, -0.05) is 27.7 Å². The van der Waals surface area contributed by atoms with Crippen LogP contribution in [0.5, 0.6) is 0 Å². The van der Waals surface area contributed by atoms with E-state index in [9.17, 15) is 9.59 Å². The number of quaternary nitrogens is 1.